The third-order valence-corrected chi connectivity index (χ3v) is 9.73. The number of ether oxygens (including phenoxy) is 2. The molecule has 2 unspecified atom stereocenters. The highest BCUT2D eigenvalue weighted by atomic mass is 31.2. The molecule has 8 nitrogen and oxygen atoms in total. The Labute approximate surface area is 349 Å². The van der Waals surface area contributed by atoms with E-state index in [4.69, 9.17) is 24.3 Å². The normalized spacial score (nSPS) is 14.4. The van der Waals surface area contributed by atoms with Crippen molar-refractivity contribution in [2.45, 2.75) is 168 Å². The molecule has 0 aliphatic rings. The summed E-state index contributed by atoms with van der Waals surface area (Å²) >= 11 is 0. The molecule has 0 aliphatic heterocycles. The number of phosphoric ester groups is 1. The van der Waals surface area contributed by atoms with Crippen LogP contribution in [0.3, 0.4) is 0 Å². The van der Waals surface area contributed by atoms with Crippen LogP contribution in [0.5, 0.6) is 0 Å². The van der Waals surface area contributed by atoms with E-state index in [1.165, 1.54) is 70.6 Å². The quantitative estimate of drug-likeness (QED) is 0.0271. The molecule has 0 saturated heterocycles. The first-order valence-electron chi connectivity index (χ1n) is 22.2. The fourth-order valence-electron chi connectivity index (χ4n) is 5.52. The monoisotopic (exact) mass is 816 g/mol. The summed E-state index contributed by atoms with van der Waals surface area (Å²) in [6, 6.07) is 0. The zero-order valence-electron chi connectivity index (χ0n) is 36.0. The second-order valence-corrected chi connectivity index (χ2v) is 15.6. The van der Waals surface area contributed by atoms with Gasteiger partial charge in [0.1, 0.15) is 6.10 Å². The van der Waals surface area contributed by atoms with Crippen LogP contribution in [0.1, 0.15) is 162 Å². The molecule has 0 saturated carbocycles. The van der Waals surface area contributed by atoms with E-state index in [0.717, 1.165) is 64.2 Å². The summed E-state index contributed by atoms with van der Waals surface area (Å²) in [5.41, 5.74) is 5.37. The predicted molar refractivity (Wildman–Crippen MR) is 242 cm³/mol. The number of rotatable bonds is 41. The lowest BCUT2D eigenvalue weighted by atomic mass is 10.1. The minimum absolute atomic E-state index is 0.0757. The highest BCUT2D eigenvalue weighted by molar-refractivity contribution is 7.47. The van der Waals surface area contributed by atoms with Gasteiger partial charge in [-0.3, -0.25) is 13.8 Å². The van der Waals surface area contributed by atoms with Gasteiger partial charge in [0.2, 0.25) is 0 Å². The predicted octanol–water partition coefficient (Wildman–Crippen LogP) is 13.5. The minimum atomic E-state index is -4.31. The number of carbonyl (C=O) groups excluding carboxylic acids is 1. The summed E-state index contributed by atoms with van der Waals surface area (Å²) < 4.78 is 33.4. The molecule has 0 aromatic rings. The van der Waals surface area contributed by atoms with Crippen LogP contribution < -0.4 is 5.73 Å². The second kappa shape index (κ2) is 44.5. The Bertz CT molecular complexity index is 1190. The van der Waals surface area contributed by atoms with Gasteiger partial charge in [0.05, 0.1) is 19.8 Å². The maximum absolute atomic E-state index is 12.6. The summed E-state index contributed by atoms with van der Waals surface area (Å²) in [5, 5.41) is 0. The molecule has 3 N–H and O–H groups in total. The molecule has 0 radical (unpaired) electrons. The summed E-state index contributed by atoms with van der Waals surface area (Å²) in [7, 11) is -4.31. The van der Waals surface area contributed by atoms with E-state index in [1.807, 2.05) is 12.2 Å². The summed E-state index contributed by atoms with van der Waals surface area (Å²) in [5.74, 6) is -0.418. The van der Waals surface area contributed by atoms with Crippen LogP contribution in [-0.4, -0.2) is 49.9 Å². The van der Waals surface area contributed by atoms with Crippen LogP contribution in [0, 0.1) is 0 Å². The number of phosphoric acid groups is 1. The fourth-order valence-corrected chi connectivity index (χ4v) is 6.29. The Morgan fingerprint density at radius 1 is 0.544 bits per heavy atom. The molecule has 0 fully saturated rings. The maximum atomic E-state index is 12.6. The van der Waals surface area contributed by atoms with Crippen molar-refractivity contribution in [3.8, 4) is 0 Å². The van der Waals surface area contributed by atoms with Crippen molar-refractivity contribution >= 4 is 13.8 Å². The third-order valence-electron chi connectivity index (χ3n) is 8.75. The molecule has 9 heteroatoms. The van der Waals surface area contributed by atoms with Gasteiger partial charge in [-0.1, -0.05) is 169 Å². The first-order chi connectivity index (χ1) is 27.9. The Balaban J connectivity index is 4.18. The van der Waals surface area contributed by atoms with Gasteiger partial charge in [-0.25, -0.2) is 4.57 Å². The van der Waals surface area contributed by atoms with Gasteiger partial charge < -0.3 is 20.1 Å². The van der Waals surface area contributed by atoms with Gasteiger partial charge in [-0.2, -0.15) is 0 Å². The summed E-state index contributed by atoms with van der Waals surface area (Å²) in [4.78, 5) is 22.5. The Kier molecular flexibility index (Phi) is 42.5. The van der Waals surface area contributed by atoms with Crippen molar-refractivity contribution in [1.29, 1.82) is 0 Å². The Morgan fingerprint density at radius 3 is 1.47 bits per heavy atom. The highest BCUT2D eigenvalue weighted by Gasteiger charge is 2.25. The van der Waals surface area contributed by atoms with E-state index < -0.39 is 19.9 Å². The van der Waals surface area contributed by atoms with Crippen LogP contribution in [-0.2, 0) is 27.9 Å². The fraction of sp³-hybridized carbons (Fsp3) is 0.646. The smallest absolute Gasteiger partial charge is 0.457 e. The second-order valence-electron chi connectivity index (χ2n) is 14.2. The number of hydrogen-bond acceptors (Lipinski definition) is 7. The summed E-state index contributed by atoms with van der Waals surface area (Å²) in [6.07, 6.45) is 58.7. The van der Waals surface area contributed by atoms with E-state index in [0.29, 0.717) is 13.0 Å². The van der Waals surface area contributed by atoms with E-state index in [1.54, 1.807) is 0 Å². The molecule has 0 heterocycles. The molecule has 2 atom stereocenters. The number of nitrogens with two attached hydrogens (primary N) is 1. The Morgan fingerprint density at radius 2 is 0.982 bits per heavy atom. The SMILES string of the molecule is CC/C=C\C/C=C\C/C=C\C/C=C\C/C=C\C/C=C\CCC(=O)OC(COCCCCCCCCCC/C=C\C/C=C\CCCCCC)COP(=O)(O)OCCN. The molecule has 0 aliphatic carbocycles. The van der Waals surface area contributed by atoms with Crippen molar-refractivity contribution in [3.05, 3.63) is 97.2 Å². The van der Waals surface area contributed by atoms with E-state index in [2.05, 4.69) is 98.9 Å². The number of allylic oxidation sites excluding steroid dienone is 16. The average molecular weight is 816 g/mol. The third kappa shape index (κ3) is 44.4. The largest absolute Gasteiger partial charge is 0.472 e. The van der Waals surface area contributed by atoms with Gasteiger partial charge in [-0.15, -0.1) is 0 Å². The van der Waals surface area contributed by atoms with E-state index in [-0.39, 0.29) is 32.8 Å². The van der Waals surface area contributed by atoms with Crippen LogP contribution in [0.4, 0.5) is 0 Å². The van der Waals surface area contributed by atoms with Crippen molar-refractivity contribution in [1.82, 2.24) is 0 Å². The zero-order chi connectivity index (χ0) is 41.6. The molecule has 57 heavy (non-hydrogen) atoms. The molecular weight excluding hydrogens is 734 g/mol. The van der Waals surface area contributed by atoms with Crippen molar-refractivity contribution in [3.63, 3.8) is 0 Å². The Hall–Kier alpha value is -2.58. The molecule has 0 aromatic carbocycles. The van der Waals surface area contributed by atoms with E-state index >= 15 is 0 Å². The van der Waals surface area contributed by atoms with Gasteiger partial charge in [0, 0.05) is 19.6 Å². The van der Waals surface area contributed by atoms with Crippen molar-refractivity contribution in [2.24, 2.45) is 5.73 Å². The minimum Gasteiger partial charge on any atom is -0.457 e. The standard InChI is InChI=1S/C48H82NO7P/c1-3-5-7-9-11-13-15-17-19-21-23-25-27-29-31-33-35-37-39-41-48(50)56-47(46-55-57(51,52)54-44-42-49)45-53-43-40-38-36-34-32-30-28-26-24-22-20-18-16-14-12-10-8-6-4-2/h5,7,11,13-14,16-17,19-20,22-23,25,29,31,35,37,47H,3-4,6,8-10,12,15,18,21,24,26-28,30,32-34,36,38-46,49H2,1-2H3,(H,51,52)/b7-5-,13-11-,16-14-,19-17-,22-20-,25-23-,31-29-,37-35-. The van der Waals surface area contributed by atoms with Gasteiger partial charge in [-0.05, 0) is 83.5 Å². The average Bonchev–Trinajstić information content (AvgIpc) is 3.20. The number of carbonyl (C=O) groups is 1. The van der Waals surface area contributed by atoms with Gasteiger partial charge >= 0.3 is 13.8 Å². The first kappa shape index (κ1) is 54.4. The molecule has 0 bridgehead atoms. The maximum Gasteiger partial charge on any atom is 0.472 e. The lowest BCUT2D eigenvalue weighted by Crippen LogP contribution is -2.28. The van der Waals surface area contributed by atoms with Gasteiger partial charge in [0.25, 0.3) is 0 Å². The van der Waals surface area contributed by atoms with Crippen LogP contribution in [0.25, 0.3) is 0 Å². The van der Waals surface area contributed by atoms with Crippen molar-refractivity contribution < 1.29 is 32.8 Å². The van der Waals surface area contributed by atoms with E-state index in [9.17, 15) is 14.3 Å². The lowest BCUT2D eigenvalue weighted by molar-refractivity contribution is -0.154. The highest BCUT2D eigenvalue weighted by Crippen LogP contribution is 2.43. The topological polar surface area (TPSA) is 117 Å². The zero-order valence-corrected chi connectivity index (χ0v) is 36.9. The molecule has 0 amide bonds. The lowest BCUT2D eigenvalue weighted by Gasteiger charge is -2.20. The van der Waals surface area contributed by atoms with Crippen LogP contribution in [0.15, 0.2) is 97.2 Å². The van der Waals surface area contributed by atoms with Crippen LogP contribution in [0.2, 0.25) is 0 Å². The summed E-state index contributed by atoms with van der Waals surface area (Å²) in [6.45, 7) is 4.65. The number of unbranched alkanes of at least 4 members (excludes halogenated alkanes) is 12. The molecule has 0 aromatic heterocycles. The van der Waals surface area contributed by atoms with Crippen molar-refractivity contribution in [2.75, 3.05) is 33.0 Å². The van der Waals surface area contributed by atoms with Gasteiger partial charge in [0.15, 0.2) is 0 Å². The molecule has 0 rings (SSSR count). The first-order valence-corrected chi connectivity index (χ1v) is 23.7. The number of esters is 1. The van der Waals surface area contributed by atoms with Crippen LogP contribution >= 0.6 is 7.82 Å². The molecule has 326 valence electrons. The molecular formula is C48H82NO7P. The molecule has 0 spiro atoms. The number of hydrogen-bond donors (Lipinski definition) is 2.